The topological polar surface area (TPSA) is 135 Å². The van der Waals surface area contributed by atoms with E-state index < -0.39 is 41.8 Å². The predicted octanol–water partition coefficient (Wildman–Crippen LogP) is 0.00270. The van der Waals surface area contributed by atoms with Gasteiger partial charge in [-0.25, -0.2) is 4.79 Å². The molecular weight excluding hydrogens is 364 g/mol. The first-order chi connectivity index (χ1) is 13.3. The van der Waals surface area contributed by atoms with Gasteiger partial charge in [0.1, 0.15) is 0 Å². The fourth-order valence-corrected chi connectivity index (χ4v) is 3.12. The van der Waals surface area contributed by atoms with Crippen molar-refractivity contribution >= 4 is 40.9 Å². The normalized spacial score (nSPS) is 18.9. The van der Waals surface area contributed by atoms with Gasteiger partial charge >= 0.3 is 6.03 Å². The maximum absolute atomic E-state index is 12.4. The Morgan fingerprint density at radius 2 is 2.00 bits per heavy atom. The molecule has 0 saturated carbocycles. The molecule has 9 nitrogen and oxygen atoms in total. The number of barbiturate groups is 1. The van der Waals surface area contributed by atoms with Crippen LogP contribution in [0.5, 0.6) is 0 Å². The standard InChI is InChI=1S/C19H20N4O5/c1-10(2)23-17(25)13(16(24)22-19(23)28)9-21-15(18(26)27)7-11-8-20-14-6-4-3-5-12(11)14/h3-6,8-10,13,15,20H,7H2,1-2H3,(H,26,27)(H,22,24,28)/p-1/t13-,15-/m0/s1. The lowest BCUT2D eigenvalue weighted by molar-refractivity contribution is -0.307. The maximum Gasteiger partial charge on any atom is 0.331 e. The van der Waals surface area contributed by atoms with E-state index >= 15 is 0 Å². The lowest BCUT2D eigenvalue weighted by atomic mass is 10.0. The first kappa shape index (κ1) is 19.3. The number of H-pyrrole nitrogens is 1. The van der Waals surface area contributed by atoms with Crippen molar-refractivity contribution in [1.29, 1.82) is 0 Å². The Balaban J connectivity index is 1.82. The highest BCUT2D eigenvalue weighted by molar-refractivity contribution is 6.23. The van der Waals surface area contributed by atoms with E-state index in [-0.39, 0.29) is 6.42 Å². The van der Waals surface area contributed by atoms with Crippen LogP contribution in [0.4, 0.5) is 4.79 Å². The maximum atomic E-state index is 12.4. The largest absolute Gasteiger partial charge is 0.548 e. The summed E-state index contributed by atoms with van der Waals surface area (Å²) in [6.45, 7) is 3.25. The minimum atomic E-state index is -1.43. The van der Waals surface area contributed by atoms with Gasteiger partial charge in [0.2, 0.25) is 11.8 Å². The van der Waals surface area contributed by atoms with Crippen molar-refractivity contribution in [3.8, 4) is 0 Å². The van der Waals surface area contributed by atoms with Crippen LogP contribution in [0.3, 0.4) is 0 Å². The molecule has 4 amide bonds. The molecule has 1 aliphatic heterocycles. The fraction of sp³-hybridized carbons (Fsp3) is 0.316. The van der Waals surface area contributed by atoms with Gasteiger partial charge in [0, 0.05) is 35.8 Å². The van der Waals surface area contributed by atoms with Crippen LogP contribution in [-0.4, -0.2) is 52.0 Å². The smallest absolute Gasteiger partial charge is 0.331 e. The molecule has 0 aliphatic carbocycles. The van der Waals surface area contributed by atoms with E-state index in [2.05, 4.69) is 15.3 Å². The van der Waals surface area contributed by atoms with Gasteiger partial charge in [0.25, 0.3) is 0 Å². The molecule has 2 aromatic rings. The zero-order chi connectivity index (χ0) is 20.4. The van der Waals surface area contributed by atoms with Crippen molar-refractivity contribution in [2.45, 2.75) is 32.4 Å². The number of amides is 4. The van der Waals surface area contributed by atoms with E-state index in [0.717, 1.165) is 27.6 Å². The molecule has 0 unspecified atom stereocenters. The number of nitrogens with one attached hydrogen (secondary N) is 2. The summed E-state index contributed by atoms with van der Waals surface area (Å²) in [5.74, 6) is -4.37. The van der Waals surface area contributed by atoms with Gasteiger partial charge in [0.05, 0.1) is 12.0 Å². The Morgan fingerprint density at radius 1 is 1.29 bits per heavy atom. The number of carbonyl (C=O) groups excluding carboxylic acids is 4. The molecule has 28 heavy (non-hydrogen) atoms. The summed E-state index contributed by atoms with van der Waals surface area (Å²) in [5, 5.41) is 14.5. The summed E-state index contributed by atoms with van der Waals surface area (Å²) in [5.41, 5.74) is 1.58. The quantitative estimate of drug-likeness (QED) is 0.535. The molecule has 2 heterocycles. The molecule has 1 saturated heterocycles. The number of urea groups is 1. The van der Waals surface area contributed by atoms with Crippen LogP contribution < -0.4 is 10.4 Å². The first-order valence-corrected chi connectivity index (χ1v) is 8.76. The molecule has 146 valence electrons. The summed E-state index contributed by atoms with van der Waals surface area (Å²) >= 11 is 0. The van der Waals surface area contributed by atoms with Crippen molar-refractivity contribution < 1.29 is 24.3 Å². The summed E-state index contributed by atoms with van der Waals surface area (Å²) in [6.07, 6.45) is 2.70. The zero-order valence-corrected chi connectivity index (χ0v) is 15.3. The summed E-state index contributed by atoms with van der Waals surface area (Å²) in [4.78, 5) is 55.7. The van der Waals surface area contributed by atoms with Crippen LogP contribution in [0.1, 0.15) is 19.4 Å². The van der Waals surface area contributed by atoms with E-state index in [1.54, 1.807) is 20.0 Å². The Morgan fingerprint density at radius 3 is 2.68 bits per heavy atom. The van der Waals surface area contributed by atoms with Gasteiger partial charge in [-0.2, -0.15) is 0 Å². The third-order valence-corrected chi connectivity index (χ3v) is 4.53. The molecule has 1 fully saturated rings. The number of benzene rings is 1. The fourth-order valence-electron chi connectivity index (χ4n) is 3.12. The molecule has 0 spiro atoms. The number of carboxylic acids is 1. The summed E-state index contributed by atoms with van der Waals surface area (Å²) in [6, 6.07) is 4.85. The third-order valence-electron chi connectivity index (χ3n) is 4.53. The number of aromatic amines is 1. The number of imide groups is 2. The minimum absolute atomic E-state index is 0.0260. The zero-order valence-electron chi connectivity index (χ0n) is 15.3. The van der Waals surface area contributed by atoms with Crippen LogP contribution in [0, 0.1) is 5.92 Å². The van der Waals surface area contributed by atoms with Crippen molar-refractivity contribution in [2.24, 2.45) is 10.9 Å². The van der Waals surface area contributed by atoms with Gasteiger partial charge in [-0.3, -0.25) is 24.8 Å². The average molecular weight is 383 g/mol. The predicted molar refractivity (Wildman–Crippen MR) is 98.3 cm³/mol. The Hall–Kier alpha value is -3.49. The number of aromatic nitrogens is 1. The SMILES string of the molecule is CC(C)N1C(=O)NC(=O)[C@H](C=N[C@@H](Cc2c[nH]c3ccccc23)C(=O)[O-])C1=O. The Labute approximate surface area is 160 Å². The highest BCUT2D eigenvalue weighted by Crippen LogP contribution is 2.20. The number of hydrogen-bond acceptors (Lipinski definition) is 6. The minimum Gasteiger partial charge on any atom is -0.548 e. The number of carbonyl (C=O) groups is 4. The van der Waals surface area contributed by atoms with E-state index in [1.165, 1.54) is 0 Å². The van der Waals surface area contributed by atoms with Crippen LogP contribution >= 0.6 is 0 Å². The van der Waals surface area contributed by atoms with Gasteiger partial charge < -0.3 is 14.9 Å². The second-order valence-electron chi connectivity index (χ2n) is 6.77. The summed E-state index contributed by atoms with van der Waals surface area (Å²) in [7, 11) is 0. The number of rotatable bonds is 6. The van der Waals surface area contributed by atoms with Gasteiger partial charge in [-0.15, -0.1) is 0 Å². The molecule has 9 heteroatoms. The number of aliphatic imine (C=N–C) groups is 1. The molecular formula is C19H19N4O5-. The third kappa shape index (κ3) is 3.64. The Bertz CT molecular complexity index is 978. The number of hydrogen-bond donors (Lipinski definition) is 2. The molecule has 1 aliphatic rings. The number of para-hydroxylation sites is 1. The lowest BCUT2D eigenvalue weighted by Crippen LogP contribution is -2.60. The molecule has 3 rings (SSSR count). The number of fused-ring (bicyclic) bond motifs is 1. The Kier molecular flexibility index (Phi) is 5.25. The monoisotopic (exact) mass is 383 g/mol. The summed E-state index contributed by atoms with van der Waals surface area (Å²) < 4.78 is 0. The van der Waals surface area contributed by atoms with Crippen LogP contribution in [0.2, 0.25) is 0 Å². The van der Waals surface area contributed by atoms with E-state index in [0.29, 0.717) is 0 Å². The van der Waals surface area contributed by atoms with Gasteiger partial charge in [0.15, 0.2) is 5.92 Å². The molecule has 1 aromatic carbocycles. The van der Waals surface area contributed by atoms with Gasteiger partial charge in [-0.1, -0.05) is 18.2 Å². The van der Waals surface area contributed by atoms with Crippen molar-refractivity contribution in [3.05, 3.63) is 36.0 Å². The van der Waals surface area contributed by atoms with Crippen LogP contribution in [0.25, 0.3) is 10.9 Å². The van der Waals surface area contributed by atoms with Crippen LogP contribution in [-0.2, 0) is 20.8 Å². The average Bonchev–Trinajstić information content (AvgIpc) is 3.02. The molecule has 0 bridgehead atoms. The van der Waals surface area contributed by atoms with Gasteiger partial charge in [-0.05, 0) is 25.5 Å². The van der Waals surface area contributed by atoms with Crippen molar-refractivity contribution in [2.75, 3.05) is 0 Å². The van der Waals surface area contributed by atoms with E-state index in [9.17, 15) is 24.3 Å². The highest BCUT2D eigenvalue weighted by Gasteiger charge is 2.40. The van der Waals surface area contributed by atoms with E-state index in [1.807, 2.05) is 24.3 Å². The first-order valence-electron chi connectivity index (χ1n) is 8.76. The second kappa shape index (κ2) is 7.63. The van der Waals surface area contributed by atoms with Crippen molar-refractivity contribution in [1.82, 2.24) is 15.2 Å². The number of aliphatic carboxylic acids is 1. The number of nitrogens with zero attached hydrogens (tertiary/aromatic N) is 2. The van der Waals surface area contributed by atoms with E-state index in [4.69, 9.17) is 0 Å². The second-order valence-corrected chi connectivity index (χ2v) is 6.77. The number of carboxylic acid groups (broad SMARTS) is 1. The highest BCUT2D eigenvalue weighted by atomic mass is 16.4. The molecule has 2 N–H and O–H groups in total. The molecule has 2 atom stereocenters. The molecule has 1 aromatic heterocycles. The lowest BCUT2D eigenvalue weighted by Gasteiger charge is -2.31. The molecule has 0 radical (unpaired) electrons. The van der Waals surface area contributed by atoms with Crippen LogP contribution in [0.15, 0.2) is 35.5 Å². The van der Waals surface area contributed by atoms with Crippen molar-refractivity contribution in [3.63, 3.8) is 0 Å².